The summed E-state index contributed by atoms with van der Waals surface area (Å²) in [7, 11) is 3.20. The summed E-state index contributed by atoms with van der Waals surface area (Å²) >= 11 is 0. The molecule has 0 aliphatic heterocycles. The molecule has 92 valence electrons. The summed E-state index contributed by atoms with van der Waals surface area (Å²) in [4.78, 5) is 13.4. The first-order chi connectivity index (χ1) is 7.54. The van der Waals surface area contributed by atoms with Crippen molar-refractivity contribution in [3.05, 3.63) is 12.2 Å². The minimum atomic E-state index is -0.641. The van der Waals surface area contributed by atoms with Gasteiger partial charge in [-0.05, 0) is 6.42 Å². The summed E-state index contributed by atoms with van der Waals surface area (Å²) in [5.74, 6) is -0.144. The zero-order chi connectivity index (χ0) is 12.1. The minimum Gasteiger partial charge on any atom is -0.389 e. The molecule has 0 bridgehead atoms. The Hall–Kier alpha value is -0.910. The van der Waals surface area contributed by atoms with E-state index in [1.54, 1.807) is 7.05 Å². The van der Waals surface area contributed by atoms with E-state index in [1.807, 2.05) is 12.2 Å². The normalized spacial score (nSPS) is 25.8. The molecule has 0 aromatic heterocycles. The van der Waals surface area contributed by atoms with Crippen LogP contribution in [0.4, 0.5) is 0 Å². The van der Waals surface area contributed by atoms with Gasteiger partial charge in [0.25, 0.3) is 0 Å². The molecule has 0 aromatic carbocycles. The van der Waals surface area contributed by atoms with Crippen molar-refractivity contribution < 1.29 is 14.6 Å². The van der Waals surface area contributed by atoms with Crippen molar-refractivity contribution in [3.63, 3.8) is 0 Å². The lowest BCUT2D eigenvalue weighted by molar-refractivity contribution is -0.134. The molecule has 0 heterocycles. The predicted octanol–water partition coefficient (Wildman–Crippen LogP) is -0.644. The van der Waals surface area contributed by atoms with E-state index in [4.69, 9.17) is 10.5 Å². The minimum absolute atomic E-state index is 0.000599. The third-order valence-electron chi connectivity index (χ3n) is 2.65. The van der Waals surface area contributed by atoms with Crippen molar-refractivity contribution in [2.75, 3.05) is 27.3 Å². The van der Waals surface area contributed by atoms with Crippen molar-refractivity contribution in [2.24, 2.45) is 11.7 Å². The van der Waals surface area contributed by atoms with Crippen LogP contribution in [-0.4, -0.2) is 55.4 Å². The van der Waals surface area contributed by atoms with Gasteiger partial charge in [0.05, 0.1) is 18.6 Å². The first-order valence-corrected chi connectivity index (χ1v) is 5.40. The summed E-state index contributed by atoms with van der Waals surface area (Å²) < 4.78 is 4.80. The Morgan fingerprint density at radius 1 is 1.69 bits per heavy atom. The standard InChI is InChI=1S/C11H20N2O3/c1-13(6-10(14)7-16-2)11(15)8-3-4-9(12)5-8/h3-4,8-10,14H,5-7,12H2,1-2H3. The fraction of sp³-hybridized carbons (Fsp3) is 0.727. The summed E-state index contributed by atoms with van der Waals surface area (Å²) in [6.07, 6.45) is 3.70. The van der Waals surface area contributed by atoms with Crippen LogP contribution in [-0.2, 0) is 9.53 Å². The van der Waals surface area contributed by atoms with Crippen molar-refractivity contribution in [2.45, 2.75) is 18.6 Å². The number of aliphatic hydroxyl groups excluding tert-OH is 1. The van der Waals surface area contributed by atoms with Gasteiger partial charge in [-0.1, -0.05) is 12.2 Å². The predicted molar refractivity (Wildman–Crippen MR) is 60.7 cm³/mol. The lowest BCUT2D eigenvalue weighted by Gasteiger charge is -2.23. The Bertz CT molecular complexity index is 268. The number of likely N-dealkylation sites (N-methyl/N-ethyl adjacent to an activating group) is 1. The third kappa shape index (κ3) is 3.59. The molecule has 3 N–H and O–H groups in total. The molecule has 16 heavy (non-hydrogen) atoms. The second-order valence-electron chi connectivity index (χ2n) is 4.22. The van der Waals surface area contributed by atoms with E-state index in [9.17, 15) is 9.90 Å². The monoisotopic (exact) mass is 228 g/mol. The first kappa shape index (κ1) is 13.2. The Labute approximate surface area is 95.9 Å². The second kappa shape index (κ2) is 5.98. The average molecular weight is 228 g/mol. The summed E-state index contributed by atoms with van der Waals surface area (Å²) in [5.41, 5.74) is 5.69. The molecule has 0 saturated heterocycles. The zero-order valence-electron chi connectivity index (χ0n) is 9.80. The largest absolute Gasteiger partial charge is 0.389 e. The summed E-state index contributed by atoms with van der Waals surface area (Å²) in [6, 6.07) is -0.0220. The summed E-state index contributed by atoms with van der Waals surface area (Å²) in [6.45, 7) is 0.518. The Kier molecular flexibility index (Phi) is 4.92. The molecule has 1 rings (SSSR count). The van der Waals surface area contributed by atoms with Gasteiger partial charge in [-0.25, -0.2) is 0 Å². The van der Waals surface area contributed by atoms with Gasteiger partial charge in [-0.2, -0.15) is 0 Å². The number of rotatable bonds is 5. The molecule has 1 aliphatic rings. The number of hydrogen-bond donors (Lipinski definition) is 2. The van der Waals surface area contributed by atoms with E-state index >= 15 is 0 Å². The van der Waals surface area contributed by atoms with Crippen molar-refractivity contribution >= 4 is 5.91 Å². The van der Waals surface area contributed by atoms with E-state index in [-0.39, 0.29) is 31.0 Å². The van der Waals surface area contributed by atoms with Crippen molar-refractivity contribution in [1.82, 2.24) is 4.90 Å². The average Bonchev–Trinajstić information content (AvgIpc) is 2.64. The number of nitrogens with zero attached hydrogens (tertiary/aromatic N) is 1. The highest BCUT2D eigenvalue weighted by atomic mass is 16.5. The maximum atomic E-state index is 11.9. The molecule has 0 fully saturated rings. The van der Waals surface area contributed by atoms with Crippen LogP contribution in [0, 0.1) is 5.92 Å². The smallest absolute Gasteiger partial charge is 0.229 e. The van der Waals surface area contributed by atoms with Crippen LogP contribution in [0.2, 0.25) is 0 Å². The van der Waals surface area contributed by atoms with E-state index in [1.165, 1.54) is 12.0 Å². The SMILES string of the molecule is COCC(O)CN(C)C(=O)C1C=CC(N)C1. The van der Waals surface area contributed by atoms with Crippen LogP contribution in [0.1, 0.15) is 6.42 Å². The quantitative estimate of drug-likeness (QED) is 0.613. The molecule has 0 saturated carbocycles. The maximum Gasteiger partial charge on any atom is 0.229 e. The first-order valence-electron chi connectivity index (χ1n) is 5.40. The van der Waals surface area contributed by atoms with Crippen LogP contribution in [0.5, 0.6) is 0 Å². The highest BCUT2D eigenvalue weighted by molar-refractivity contribution is 5.81. The summed E-state index contributed by atoms with van der Waals surface area (Å²) in [5, 5.41) is 9.50. The highest BCUT2D eigenvalue weighted by Crippen LogP contribution is 2.18. The third-order valence-corrected chi connectivity index (χ3v) is 2.65. The molecule has 0 spiro atoms. The topological polar surface area (TPSA) is 75.8 Å². The molecule has 5 heteroatoms. The molecule has 1 aliphatic carbocycles. The van der Waals surface area contributed by atoms with Gasteiger partial charge in [-0.3, -0.25) is 4.79 Å². The van der Waals surface area contributed by atoms with Gasteiger partial charge < -0.3 is 20.5 Å². The van der Waals surface area contributed by atoms with E-state index < -0.39 is 6.10 Å². The fourth-order valence-electron chi connectivity index (χ4n) is 1.84. The highest BCUT2D eigenvalue weighted by Gasteiger charge is 2.26. The molecule has 3 unspecified atom stereocenters. The van der Waals surface area contributed by atoms with Gasteiger partial charge in [0.1, 0.15) is 0 Å². The van der Waals surface area contributed by atoms with Gasteiger partial charge >= 0.3 is 0 Å². The Morgan fingerprint density at radius 3 is 2.88 bits per heavy atom. The molecular formula is C11H20N2O3. The van der Waals surface area contributed by atoms with Gasteiger partial charge in [0.15, 0.2) is 0 Å². The van der Waals surface area contributed by atoms with Gasteiger partial charge in [-0.15, -0.1) is 0 Å². The Balaban J connectivity index is 2.39. The number of carbonyl (C=O) groups is 1. The molecular weight excluding hydrogens is 208 g/mol. The molecule has 3 atom stereocenters. The molecule has 1 amide bonds. The zero-order valence-corrected chi connectivity index (χ0v) is 9.80. The number of carbonyl (C=O) groups excluding carboxylic acids is 1. The fourth-order valence-corrected chi connectivity index (χ4v) is 1.84. The van der Waals surface area contributed by atoms with Crippen LogP contribution in [0.3, 0.4) is 0 Å². The van der Waals surface area contributed by atoms with Crippen LogP contribution in [0.25, 0.3) is 0 Å². The van der Waals surface area contributed by atoms with Gasteiger partial charge in [0, 0.05) is 26.7 Å². The number of nitrogens with two attached hydrogens (primary N) is 1. The second-order valence-corrected chi connectivity index (χ2v) is 4.22. The van der Waals surface area contributed by atoms with Crippen LogP contribution < -0.4 is 5.73 Å². The lowest BCUT2D eigenvalue weighted by Crippen LogP contribution is -2.39. The number of methoxy groups -OCH3 is 1. The number of ether oxygens (including phenoxy) is 1. The number of hydrogen-bond acceptors (Lipinski definition) is 4. The molecule has 5 nitrogen and oxygen atoms in total. The molecule has 0 aromatic rings. The van der Waals surface area contributed by atoms with Crippen molar-refractivity contribution in [1.29, 1.82) is 0 Å². The van der Waals surface area contributed by atoms with E-state index in [0.717, 1.165) is 0 Å². The maximum absolute atomic E-state index is 11.9. The van der Waals surface area contributed by atoms with E-state index in [2.05, 4.69) is 0 Å². The van der Waals surface area contributed by atoms with E-state index in [0.29, 0.717) is 6.42 Å². The molecule has 0 radical (unpaired) electrons. The van der Waals surface area contributed by atoms with Crippen molar-refractivity contribution in [3.8, 4) is 0 Å². The lowest BCUT2D eigenvalue weighted by atomic mass is 10.1. The van der Waals surface area contributed by atoms with Crippen LogP contribution >= 0.6 is 0 Å². The number of amides is 1. The Morgan fingerprint density at radius 2 is 2.38 bits per heavy atom. The van der Waals surface area contributed by atoms with Gasteiger partial charge in [0.2, 0.25) is 5.91 Å². The number of aliphatic hydroxyl groups is 1. The van der Waals surface area contributed by atoms with Crippen LogP contribution in [0.15, 0.2) is 12.2 Å².